The minimum absolute atomic E-state index is 0.153. The standard InChI is InChI=1S/C8H2Cl4O5/c9-1-3(11)7(15-5(1)13)17-8-4(12)2(10)6(14)16-8/h7-8H/t7-,8-/m0/s1. The second-order valence-electron chi connectivity index (χ2n) is 2.93. The zero-order chi connectivity index (χ0) is 12.7. The van der Waals surface area contributed by atoms with Gasteiger partial charge in [0.15, 0.2) is 0 Å². The summed E-state index contributed by atoms with van der Waals surface area (Å²) in [6.45, 7) is 0. The summed E-state index contributed by atoms with van der Waals surface area (Å²) in [7, 11) is 0. The van der Waals surface area contributed by atoms with Crippen LogP contribution in [-0.2, 0) is 23.8 Å². The van der Waals surface area contributed by atoms with Gasteiger partial charge in [0.2, 0.25) is 12.6 Å². The van der Waals surface area contributed by atoms with Crippen molar-refractivity contribution in [3.8, 4) is 0 Å². The fourth-order valence-electron chi connectivity index (χ4n) is 1.09. The van der Waals surface area contributed by atoms with Crippen LogP contribution < -0.4 is 0 Å². The third-order valence-electron chi connectivity index (χ3n) is 1.87. The summed E-state index contributed by atoms with van der Waals surface area (Å²) in [5.41, 5.74) is 0. The van der Waals surface area contributed by atoms with Gasteiger partial charge in [-0.05, 0) is 0 Å². The number of esters is 2. The Hall–Kier alpha value is -0.460. The van der Waals surface area contributed by atoms with Crippen LogP contribution in [0.5, 0.6) is 0 Å². The van der Waals surface area contributed by atoms with Crippen molar-refractivity contribution in [2.45, 2.75) is 12.6 Å². The highest BCUT2D eigenvalue weighted by Gasteiger charge is 2.40. The molecule has 5 nitrogen and oxygen atoms in total. The Balaban J connectivity index is 2.11. The number of hydrogen-bond donors (Lipinski definition) is 0. The molecule has 0 N–H and O–H groups in total. The van der Waals surface area contributed by atoms with E-state index in [4.69, 9.17) is 51.1 Å². The van der Waals surface area contributed by atoms with Gasteiger partial charge in [0.05, 0.1) is 0 Å². The molecule has 2 aliphatic rings. The number of cyclic esters (lactones) is 2. The molecule has 2 rings (SSSR count). The van der Waals surface area contributed by atoms with Crippen LogP contribution in [0.15, 0.2) is 20.1 Å². The largest absolute Gasteiger partial charge is 0.426 e. The first-order chi connectivity index (χ1) is 7.91. The van der Waals surface area contributed by atoms with E-state index < -0.39 is 24.5 Å². The third-order valence-corrected chi connectivity index (χ3v) is 3.51. The van der Waals surface area contributed by atoms with Crippen LogP contribution in [0.1, 0.15) is 0 Å². The molecular formula is C8H2Cl4O5. The third kappa shape index (κ3) is 2.26. The number of ether oxygens (including phenoxy) is 3. The quantitative estimate of drug-likeness (QED) is 0.730. The fraction of sp³-hybridized carbons (Fsp3) is 0.250. The number of carbonyl (C=O) groups is 2. The van der Waals surface area contributed by atoms with Gasteiger partial charge < -0.3 is 9.47 Å². The maximum Gasteiger partial charge on any atom is 0.353 e. The summed E-state index contributed by atoms with van der Waals surface area (Å²) in [4.78, 5) is 22.0. The van der Waals surface area contributed by atoms with Gasteiger partial charge >= 0.3 is 11.9 Å². The van der Waals surface area contributed by atoms with Crippen molar-refractivity contribution in [1.29, 1.82) is 0 Å². The SMILES string of the molecule is O=C1O[C@@H](O[C@@H]2OC(=O)C(Cl)=C2Cl)C(Cl)=C1Cl. The van der Waals surface area contributed by atoms with E-state index in [1.807, 2.05) is 0 Å². The average Bonchev–Trinajstić information content (AvgIpc) is 2.66. The first kappa shape index (κ1) is 13.0. The maximum atomic E-state index is 11.0. The van der Waals surface area contributed by atoms with Gasteiger partial charge in [-0.2, -0.15) is 0 Å². The van der Waals surface area contributed by atoms with E-state index >= 15 is 0 Å². The Labute approximate surface area is 115 Å². The van der Waals surface area contributed by atoms with E-state index in [2.05, 4.69) is 9.47 Å². The molecule has 0 aliphatic carbocycles. The lowest BCUT2D eigenvalue weighted by Crippen LogP contribution is -2.24. The molecular weight excluding hydrogens is 318 g/mol. The Morgan fingerprint density at radius 3 is 1.41 bits per heavy atom. The second-order valence-corrected chi connectivity index (χ2v) is 4.50. The monoisotopic (exact) mass is 318 g/mol. The average molecular weight is 320 g/mol. The zero-order valence-corrected chi connectivity index (χ0v) is 10.7. The van der Waals surface area contributed by atoms with E-state index in [0.29, 0.717) is 0 Å². The lowest BCUT2D eigenvalue weighted by Gasteiger charge is -2.16. The van der Waals surface area contributed by atoms with Gasteiger partial charge in [-0.3, -0.25) is 4.74 Å². The molecule has 0 aromatic rings. The summed E-state index contributed by atoms with van der Waals surface area (Å²) >= 11 is 22.3. The van der Waals surface area contributed by atoms with Crippen LogP contribution in [0.4, 0.5) is 0 Å². The summed E-state index contributed by atoms with van der Waals surface area (Å²) in [6, 6.07) is 0. The summed E-state index contributed by atoms with van der Waals surface area (Å²) in [5.74, 6) is -1.67. The normalized spacial score (nSPS) is 28.9. The van der Waals surface area contributed by atoms with Crippen molar-refractivity contribution < 1.29 is 23.8 Å². The molecule has 2 atom stereocenters. The van der Waals surface area contributed by atoms with E-state index in [0.717, 1.165) is 0 Å². The summed E-state index contributed by atoms with van der Waals surface area (Å²) in [6.07, 6.45) is -2.54. The van der Waals surface area contributed by atoms with Crippen molar-refractivity contribution in [3.05, 3.63) is 20.1 Å². The predicted molar refractivity (Wildman–Crippen MR) is 58.3 cm³/mol. The predicted octanol–water partition coefficient (Wildman–Crippen LogP) is 2.15. The highest BCUT2D eigenvalue weighted by molar-refractivity contribution is 6.49. The highest BCUT2D eigenvalue weighted by Crippen LogP contribution is 2.35. The van der Waals surface area contributed by atoms with Crippen molar-refractivity contribution in [2.24, 2.45) is 0 Å². The molecule has 92 valence electrons. The number of hydrogen-bond acceptors (Lipinski definition) is 5. The van der Waals surface area contributed by atoms with Crippen LogP contribution in [0.3, 0.4) is 0 Å². The Kier molecular flexibility index (Phi) is 3.56. The van der Waals surface area contributed by atoms with Crippen molar-refractivity contribution in [1.82, 2.24) is 0 Å². The van der Waals surface area contributed by atoms with Gasteiger partial charge in [0.25, 0.3) is 0 Å². The second kappa shape index (κ2) is 4.66. The molecule has 9 heteroatoms. The Morgan fingerprint density at radius 1 is 0.824 bits per heavy atom. The maximum absolute atomic E-state index is 11.0. The minimum atomic E-state index is -1.27. The van der Waals surface area contributed by atoms with Crippen LogP contribution in [0.2, 0.25) is 0 Å². The molecule has 0 aromatic carbocycles. The molecule has 0 saturated heterocycles. The molecule has 2 aliphatic heterocycles. The highest BCUT2D eigenvalue weighted by atomic mass is 35.5. The topological polar surface area (TPSA) is 61.8 Å². The first-order valence-electron chi connectivity index (χ1n) is 4.09. The van der Waals surface area contributed by atoms with Crippen molar-refractivity contribution in [3.63, 3.8) is 0 Å². The number of halogens is 4. The Bertz CT molecular complexity index is 427. The van der Waals surface area contributed by atoms with E-state index in [1.165, 1.54) is 0 Å². The van der Waals surface area contributed by atoms with Crippen molar-refractivity contribution >= 4 is 58.3 Å². The molecule has 0 aromatic heterocycles. The lowest BCUT2D eigenvalue weighted by atomic mass is 10.5. The van der Waals surface area contributed by atoms with Gasteiger partial charge in [0, 0.05) is 0 Å². The molecule has 0 amide bonds. The van der Waals surface area contributed by atoms with Gasteiger partial charge in [0.1, 0.15) is 20.1 Å². The summed E-state index contributed by atoms with van der Waals surface area (Å²) in [5, 5.41) is -0.903. The van der Waals surface area contributed by atoms with Crippen LogP contribution in [0, 0.1) is 0 Å². The van der Waals surface area contributed by atoms with E-state index in [1.54, 1.807) is 0 Å². The van der Waals surface area contributed by atoms with Crippen LogP contribution in [-0.4, -0.2) is 24.5 Å². The van der Waals surface area contributed by atoms with Gasteiger partial charge in [-0.15, -0.1) is 0 Å². The summed E-state index contributed by atoms with van der Waals surface area (Å²) < 4.78 is 14.3. The Morgan fingerprint density at radius 2 is 1.18 bits per heavy atom. The smallest absolute Gasteiger partial charge is 0.353 e. The van der Waals surface area contributed by atoms with E-state index in [9.17, 15) is 9.59 Å². The molecule has 0 radical (unpaired) electrons. The van der Waals surface area contributed by atoms with Gasteiger partial charge in [-0.25, -0.2) is 9.59 Å². The number of rotatable bonds is 2. The molecule has 17 heavy (non-hydrogen) atoms. The molecule has 0 bridgehead atoms. The van der Waals surface area contributed by atoms with Crippen LogP contribution >= 0.6 is 46.4 Å². The van der Waals surface area contributed by atoms with Gasteiger partial charge in [-0.1, -0.05) is 46.4 Å². The van der Waals surface area contributed by atoms with E-state index in [-0.39, 0.29) is 20.1 Å². The molecule has 2 heterocycles. The molecule has 0 saturated carbocycles. The fourth-order valence-corrected chi connectivity index (χ4v) is 1.70. The lowest BCUT2D eigenvalue weighted by molar-refractivity contribution is -0.200. The first-order valence-corrected chi connectivity index (χ1v) is 5.60. The van der Waals surface area contributed by atoms with Crippen molar-refractivity contribution in [2.75, 3.05) is 0 Å². The molecule has 0 spiro atoms. The molecule has 0 unspecified atom stereocenters. The number of carbonyl (C=O) groups excluding carboxylic acids is 2. The van der Waals surface area contributed by atoms with Crippen LogP contribution in [0.25, 0.3) is 0 Å². The minimum Gasteiger partial charge on any atom is -0.426 e. The molecule has 0 fully saturated rings. The zero-order valence-electron chi connectivity index (χ0n) is 7.71.